The van der Waals surface area contributed by atoms with Crippen LogP contribution in [-0.4, -0.2) is 9.97 Å². The molecule has 0 spiro atoms. The molecule has 0 radical (unpaired) electrons. The van der Waals surface area contributed by atoms with E-state index in [4.69, 9.17) is 0 Å². The largest absolute Gasteiger partial charge is 0.241 e. The van der Waals surface area contributed by atoms with Gasteiger partial charge in [0.2, 0.25) is 0 Å². The molecule has 1 aromatic carbocycles. The Kier molecular flexibility index (Phi) is 2.77. The predicted molar refractivity (Wildman–Crippen MR) is 77.0 cm³/mol. The third kappa shape index (κ3) is 1.88. The second-order valence-corrected chi connectivity index (χ2v) is 5.45. The van der Waals surface area contributed by atoms with Crippen molar-refractivity contribution in [3.8, 4) is 16.5 Å². The van der Waals surface area contributed by atoms with Crippen molar-refractivity contribution >= 4 is 21.4 Å². The number of hydrogen-bond acceptors (Lipinski definition) is 4. The zero-order chi connectivity index (χ0) is 13.4. The highest BCUT2D eigenvalue weighted by atomic mass is 32.1. The summed E-state index contributed by atoms with van der Waals surface area (Å²) in [6.45, 7) is 4.01. The number of benzene rings is 1. The summed E-state index contributed by atoms with van der Waals surface area (Å²) in [5, 5.41) is 10.4. The predicted octanol–water partition coefficient (Wildman–Crippen LogP) is 3.85. The van der Waals surface area contributed by atoms with Gasteiger partial charge >= 0.3 is 0 Å². The van der Waals surface area contributed by atoms with Gasteiger partial charge in [0.1, 0.15) is 12.4 Å². The van der Waals surface area contributed by atoms with Gasteiger partial charge in [-0.15, -0.1) is 11.3 Å². The topological polar surface area (TPSA) is 49.6 Å². The number of nitrogens with zero attached hydrogens (tertiary/aromatic N) is 3. The third-order valence-corrected chi connectivity index (χ3v) is 4.43. The molecule has 0 amide bonds. The minimum Gasteiger partial charge on any atom is -0.241 e. The van der Waals surface area contributed by atoms with Crippen molar-refractivity contribution in [1.29, 1.82) is 5.26 Å². The summed E-state index contributed by atoms with van der Waals surface area (Å²) in [6, 6.07) is 10.5. The molecule has 0 unspecified atom stereocenters. The first-order valence-electron chi connectivity index (χ1n) is 5.92. The minimum absolute atomic E-state index is 0.441. The molecular weight excluding hydrogens is 254 g/mol. The number of aryl methyl sites for hydroxylation is 2. The Morgan fingerprint density at radius 1 is 1.21 bits per heavy atom. The van der Waals surface area contributed by atoms with E-state index in [1.54, 1.807) is 11.3 Å². The van der Waals surface area contributed by atoms with Crippen molar-refractivity contribution in [1.82, 2.24) is 9.97 Å². The highest BCUT2D eigenvalue weighted by Gasteiger charge is 2.14. The van der Waals surface area contributed by atoms with Crippen molar-refractivity contribution in [3.05, 3.63) is 47.5 Å². The van der Waals surface area contributed by atoms with E-state index in [1.165, 1.54) is 22.0 Å². The van der Waals surface area contributed by atoms with Gasteiger partial charge in [-0.3, -0.25) is 0 Å². The SMILES string of the molecule is Cc1ncnc(C#N)c1-c1cc2cccc(C)c2s1. The summed E-state index contributed by atoms with van der Waals surface area (Å²) in [5.74, 6) is 0. The van der Waals surface area contributed by atoms with Gasteiger partial charge in [-0.2, -0.15) is 5.26 Å². The normalized spacial score (nSPS) is 10.6. The second-order valence-electron chi connectivity index (χ2n) is 4.40. The lowest BCUT2D eigenvalue weighted by Crippen LogP contribution is -1.93. The lowest BCUT2D eigenvalue weighted by Gasteiger charge is -2.02. The Hall–Kier alpha value is -2.25. The van der Waals surface area contributed by atoms with Gasteiger partial charge in [0, 0.05) is 15.1 Å². The van der Waals surface area contributed by atoms with Gasteiger partial charge in [-0.1, -0.05) is 18.2 Å². The van der Waals surface area contributed by atoms with Crippen LogP contribution in [0.1, 0.15) is 17.0 Å². The van der Waals surface area contributed by atoms with Crippen LogP contribution in [0.15, 0.2) is 30.6 Å². The van der Waals surface area contributed by atoms with E-state index in [0.29, 0.717) is 5.69 Å². The van der Waals surface area contributed by atoms with E-state index in [-0.39, 0.29) is 0 Å². The maximum absolute atomic E-state index is 9.20. The van der Waals surface area contributed by atoms with E-state index in [1.807, 2.05) is 13.0 Å². The first-order valence-corrected chi connectivity index (χ1v) is 6.73. The van der Waals surface area contributed by atoms with Gasteiger partial charge in [0.25, 0.3) is 0 Å². The smallest absolute Gasteiger partial charge is 0.152 e. The lowest BCUT2D eigenvalue weighted by molar-refractivity contribution is 1.09. The summed E-state index contributed by atoms with van der Waals surface area (Å²) in [6.07, 6.45) is 1.44. The molecule has 0 bridgehead atoms. The Labute approximate surface area is 115 Å². The van der Waals surface area contributed by atoms with Gasteiger partial charge < -0.3 is 0 Å². The van der Waals surface area contributed by atoms with E-state index >= 15 is 0 Å². The van der Waals surface area contributed by atoms with Crippen molar-refractivity contribution in [2.24, 2.45) is 0 Å². The molecule has 3 rings (SSSR count). The van der Waals surface area contributed by atoms with Gasteiger partial charge in [0.15, 0.2) is 5.69 Å². The number of fused-ring (bicyclic) bond motifs is 1. The molecule has 0 saturated carbocycles. The molecule has 2 aromatic heterocycles. The van der Waals surface area contributed by atoms with E-state index in [0.717, 1.165) is 16.1 Å². The first kappa shape index (κ1) is 11.8. The zero-order valence-corrected chi connectivity index (χ0v) is 11.5. The Balaban J connectivity index is 2.32. The molecule has 0 aliphatic carbocycles. The molecule has 0 aliphatic heterocycles. The van der Waals surface area contributed by atoms with Crippen LogP contribution in [-0.2, 0) is 0 Å². The maximum Gasteiger partial charge on any atom is 0.152 e. The molecule has 2 heterocycles. The zero-order valence-electron chi connectivity index (χ0n) is 10.6. The molecule has 0 saturated heterocycles. The molecule has 3 nitrogen and oxygen atoms in total. The summed E-state index contributed by atoms with van der Waals surface area (Å²) in [4.78, 5) is 9.32. The fourth-order valence-electron chi connectivity index (χ4n) is 2.19. The molecule has 0 fully saturated rings. The average molecular weight is 265 g/mol. The number of rotatable bonds is 1. The minimum atomic E-state index is 0.441. The van der Waals surface area contributed by atoms with Crippen molar-refractivity contribution in [2.45, 2.75) is 13.8 Å². The third-order valence-electron chi connectivity index (χ3n) is 3.13. The molecular formula is C15H11N3S. The number of aromatic nitrogens is 2. The number of nitriles is 1. The summed E-state index contributed by atoms with van der Waals surface area (Å²) < 4.78 is 1.25. The standard InChI is InChI=1S/C15H11N3S/c1-9-4-3-5-11-6-13(19-15(9)11)14-10(2)17-8-18-12(14)7-16/h3-6,8H,1-2H3. The van der Waals surface area contributed by atoms with Crippen LogP contribution in [0, 0.1) is 25.2 Å². The highest BCUT2D eigenvalue weighted by Crippen LogP contribution is 2.37. The fourth-order valence-corrected chi connectivity index (χ4v) is 3.41. The molecule has 0 N–H and O–H groups in total. The van der Waals surface area contributed by atoms with E-state index < -0.39 is 0 Å². The molecule has 0 atom stereocenters. The number of thiophene rings is 1. The van der Waals surface area contributed by atoms with Gasteiger partial charge in [-0.05, 0) is 30.9 Å². The monoisotopic (exact) mass is 265 g/mol. The van der Waals surface area contributed by atoms with Crippen LogP contribution in [0.3, 0.4) is 0 Å². The molecule has 19 heavy (non-hydrogen) atoms. The van der Waals surface area contributed by atoms with Crippen LogP contribution in [0.25, 0.3) is 20.5 Å². The van der Waals surface area contributed by atoms with E-state index in [2.05, 4.69) is 41.2 Å². The maximum atomic E-state index is 9.20. The van der Waals surface area contributed by atoms with Crippen molar-refractivity contribution < 1.29 is 0 Å². The van der Waals surface area contributed by atoms with Gasteiger partial charge in [-0.25, -0.2) is 9.97 Å². The molecule has 3 aromatic rings. The summed E-state index contributed by atoms with van der Waals surface area (Å²) in [7, 11) is 0. The van der Waals surface area contributed by atoms with Crippen LogP contribution in [0.5, 0.6) is 0 Å². The highest BCUT2D eigenvalue weighted by molar-refractivity contribution is 7.22. The van der Waals surface area contributed by atoms with Crippen LogP contribution in [0.2, 0.25) is 0 Å². The first-order chi connectivity index (χ1) is 9.20. The van der Waals surface area contributed by atoms with Crippen molar-refractivity contribution in [2.75, 3.05) is 0 Å². The van der Waals surface area contributed by atoms with Crippen LogP contribution >= 0.6 is 11.3 Å². The molecule has 4 heteroatoms. The molecule has 92 valence electrons. The van der Waals surface area contributed by atoms with Crippen molar-refractivity contribution in [3.63, 3.8) is 0 Å². The summed E-state index contributed by atoms with van der Waals surface area (Å²) >= 11 is 1.69. The molecule has 0 aliphatic rings. The van der Waals surface area contributed by atoms with Gasteiger partial charge in [0.05, 0.1) is 5.69 Å². The Bertz CT molecular complexity index is 812. The Morgan fingerprint density at radius 3 is 2.79 bits per heavy atom. The van der Waals surface area contributed by atoms with E-state index in [9.17, 15) is 5.26 Å². The average Bonchev–Trinajstić information content (AvgIpc) is 2.83. The summed E-state index contributed by atoms with van der Waals surface area (Å²) in [5.41, 5.74) is 3.39. The lowest BCUT2D eigenvalue weighted by atomic mass is 10.1. The van der Waals surface area contributed by atoms with Crippen LogP contribution < -0.4 is 0 Å². The Morgan fingerprint density at radius 2 is 2.05 bits per heavy atom. The van der Waals surface area contributed by atoms with Crippen LogP contribution in [0.4, 0.5) is 0 Å². The second kappa shape index (κ2) is 4.45. The number of hydrogen-bond donors (Lipinski definition) is 0. The fraction of sp³-hybridized carbons (Fsp3) is 0.133. The quantitative estimate of drug-likeness (QED) is 0.671.